The first-order valence-electron chi connectivity index (χ1n) is 5.75. The summed E-state index contributed by atoms with van der Waals surface area (Å²) < 4.78 is 35.3. The van der Waals surface area contributed by atoms with Crippen molar-refractivity contribution in [3.05, 3.63) is 23.3 Å². The maximum Gasteiger partial charge on any atom is 0.322 e. The summed E-state index contributed by atoms with van der Waals surface area (Å²) in [7, 11) is -2.73. The molecule has 0 fully saturated rings. The average Bonchev–Trinajstić information content (AvgIpc) is 3.05. The maximum absolute atomic E-state index is 11.7. The monoisotopic (exact) mass is 331 g/mol. The fourth-order valence-electron chi connectivity index (χ4n) is 1.44. The van der Waals surface area contributed by atoms with Gasteiger partial charge in [0.05, 0.1) is 13.7 Å². The molecule has 0 aromatic carbocycles. The van der Waals surface area contributed by atoms with Gasteiger partial charge in [0.1, 0.15) is 11.5 Å². The largest absolute Gasteiger partial charge is 0.468 e. The molecule has 0 atom stereocenters. The number of carbonyl (C=O) groups is 1. The SMILES string of the molecule is COC(=O)CS(=O)(=O)Nc1nc(-c2ccc(CN)o2)cs1. The number of nitrogens with two attached hydrogens (primary N) is 1. The fourth-order valence-corrected chi connectivity index (χ4v) is 3.37. The summed E-state index contributed by atoms with van der Waals surface area (Å²) in [6.07, 6.45) is 0. The Bertz CT molecular complexity index is 735. The third kappa shape index (κ3) is 4.03. The Labute approximate surface area is 125 Å². The number of aromatic nitrogens is 1. The highest BCUT2D eigenvalue weighted by Gasteiger charge is 2.19. The molecule has 0 amide bonds. The lowest BCUT2D eigenvalue weighted by Gasteiger charge is -2.02. The number of nitrogens with one attached hydrogen (secondary N) is 1. The molecule has 2 heterocycles. The first-order valence-corrected chi connectivity index (χ1v) is 8.28. The van der Waals surface area contributed by atoms with Gasteiger partial charge in [-0.1, -0.05) is 0 Å². The van der Waals surface area contributed by atoms with Gasteiger partial charge in [-0.2, -0.15) is 0 Å². The zero-order valence-corrected chi connectivity index (χ0v) is 12.7. The van der Waals surface area contributed by atoms with Crippen molar-refractivity contribution < 1.29 is 22.4 Å². The minimum atomic E-state index is -3.84. The Balaban J connectivity index is 2.11. The van der Waals surface area contributed by atoms with Gasteiger partial charge in [0.25, 0.3) is 0 Å². The first kappa shape index (κ1) is 15.5. The first-order chi connectivity index (χ1) is 9.93. The second-order valence-electron chi connectivity index (χ2n) is 3.95. The smallest absolute Gasteiger partial charge is 0.322 e. The molecule has 2 rings (SSSR count). The number of furan rings is 1. The van der Waals surface area contributed by atoms with E-state index in [1.165, 1.54) is 0 Å². The van der Waals surface area contributed by atoms with Crippen LogP contribution in [0, 0.1) is 0 Å². The minimum Gasteiger partial charge on any atom is -0.468 e. The van der Waals surface area contributed by atoms with Gasteiger partial charge in [0.15, 0.2) is 16.6 Å². The van der Waals surface area contributed by atoms with Crippen molar-refractivity contribution in [2.24, 2.45) is 5.73 Å². The average molecular weight is 331 g/mol. The highest BCUT2D eigenvalue weighted by atomic mass is 32.2. The predicted octanol–water partition coefficient (Wildman–Crippen LogP) is 0.776. The number of ether oxygens (including phenoxy) is 1. The fraction of sp³-hybridized carbons (Fsp3) is 0.273. The van der Waals surface area contributed by atoms with E-state index in [-0.39, 0.29) is 11.7 Å². The van der Waals surface area contributed by atoms with Crippen LogP contribution in [-0.2, 0) is 26.1 Å². The van der Waals surface area contributed by atoms with Gasteiger partial charge < -0.3 is 14.9 Å². The molecule has 2 aromatic rings. The molecule has 3 N–H and O–H groups in total. The molecule has 0 saturated heterocycles. The molecule has 2 aromatic heterocycles. The third-order valence-corrected chi connectivity index (χ3v) is 4.40. The molecule has 0 spiro atoms. The molecule has 0 aliphatic carbocycles. The van der Waals surface area contributed by atoms with Crippen molar-refractivity contribution in [3.63, 3.8) is 0 Å². The summed E-state index contributed by atoms with van der Waals surface area (Å²) in [5.74, 6) is -0.523. The van der Waals surface area contributed by atoms with Crippen molar-refractivity contribution >= 4 is 32.5 Å². The van der Waals surface area contributed by atoms with Crippen LogP contribution in [0.4, 0.5) is 5.13 Å². The number of esters is 1. The van der Waals surface area contributed by atoms with Gasteiger partial charge in [-0.15, -0.1) is 11.3 Å². The molecule has 0 saturated carbocycles. The lowest BCUT2D eigenvalue weighted by Crippen LogP contribution is -2.23. The Hall–Kier alpha value is -1.91. The summed E-state index contributed by atoms with van der Waals surface area (Å²) in [4.78, 5) is 15.1. The van der Waals surface area contributed by atoms with Crippen molar-refractivity contribution in [2.45, 2.75) is 6.54 Å². The highest BCUT2D eigenvalue weighted by molar-refractivity contribution is 7.93. The van der Waals surface area contributed by atoms with Crippen molar-refractivity contribution in [2.75, 3.05) is 17.6 Å². The number of thiazole rings is 1. The quantitative estimate of drug-likeness (QED) is 0.749. The van der Waals surface area contributed by atoms with Gasteiger partial charge in [-0.3, -0.25) is 9.52 Å². The Morgan fingerprint density at radius 3 is 2.90 bits per heavy atom. The lowest BCUT2D eigenvalue weighted by molar-refractivity contribution is -0.137. The second kappa shape index (κ2) is 6.24. The maximum atomic E-state index is 11.7. The van der Waals surface area contributed by atoms with Crippen molar-refractivity contribution in [1.82, 2.24) is 4.98 Å². The number of carbonyl (C=O) groups excluding carboxylic acids is 1. The molecular weight excluding hydrogens is 318 g/mol. The van der Waals surface area contributed by atoms with E-state index in [1.807, 2.05) is 0 Å². The van der Waals surface area contributed by atoms with Crippen molar-refractivity contribution in [3.8, 4) is 11.5 Å². The number of hydrogen-bond donors (Lipinski definition) is 2. The molecule has 21 heavy (non-hydrogen) atoms. The van der Waals surface area contributed by atoms with Gasteiger partial charge >= 0.3 is 5.97 Å². The molecule has 0 bridgehead atoms. The molecule has 10 heteroatoms. The van der Waals surface area contributed by atoms with Crippen LogP contribution in [0.25, 0.3) is 11.5 Å². The molecular formula is C11H13N3O5S2. The lowest BCUT2D eigenvalue weighted by atomic mass is 10.3. The van der Waals surface area contributed by atoms with E-state index in [0.29, 0.717) is 17.2 Å². The summed E-state index contributed by atoms with van der Waals surface area (Å²) in [5, 5.41) is 1.77. The zero-order valence-electron chi connectivity index (χ0n) is 11.0. The predicted molar refractivity (Wildman–Crippen MR) is 77.1 cm³/mol. The topological polar surface area (TPSA) is 125 Å². The van der Waals surface area contributed by atoms with Crippen LogP contribution in [0.3, 0.4) is 0 Å². The van der Waals surface area contributed by atoms with Gasteiger partial charge in [-0.25, -0.2) is 13.4 Å². The van der Waals surface area contributed by atoms with E-state index in [9.17, 15) is 13.2 Å². The number of rotatable bonds is 6. The van der Waals surface area contributed by atoms with Crippen molar-refractivity contribution in [1.29, 1.82) is 0 Å². The molecule has 0 unspecified atom stereocenters. The standard InChI is InChI=1S/C11H13N3O5S2/c1-18-10(15)6-21(16,17)14-11-13-8(5-20-11)9-3-2-7(4-12)19-9/h2-3,5H,4,6,12H2,1H3,(H,13,14). The summed E-state index contributed by atoms with van der Waals surface area (Å²) in [6, 6.07) is 3.42. The van der Waals surface area contributed by atoms with Crippen LogP contribution in [-0.4, -0.2) is 32.2 Å². The zero-order chi connectivity index (χ0) is 15.5. The van der Waals surface area contributed by atoms with Crippen LogP contribution >= 0.6 is 11.3 Å². The Kier molecular flexibility index (Phi) is 4.60. The van der Waals surface area contributed by atoms with Gasteiger partial charge in [0, 0.05) is 5.38 Å². The van der Waals surface area contributed by atoms with E-state index >= 15 is 0 Å². The molecule has 0 radical (unpaired) electrons. The van der Waals surface area contributed by atoms with Crippen LogP contribution in [0.1, 0.15) is 5.76 Å². The molecule has 8 nitrogen and oxygen atoms in total. The number of nitrogens with zero attached hydrogens (tertiary/aromatic N) is 1. The van der Waals surface area contributed by atoms with E-state index in [2.05, 4.69) is 14.4 Å². The van der Waals surface area contributed by atoms with Crippen LogP contribution in [0.2, 0.25) is 0 Å². The number of methoxy groups -OCH3 is 1. The second-order valence-corrected chi connectivity index (χ2v) is 6.53. The molecule has 114 valence electrons. The van der Waals surface area contributed by atoms with Crippen LogP contribution in [0.5, 0.6) is 0 Å². The van der Waals surface area contributed by atoms with Crippen LogP contribution < -0.4 is 10.5 Å². The van der Waals surface area contributed by atoms with Gasteiger partial charge in [0.2, 0.25) is 10.0 Å². The number of sulfonamides is 1. The van der Waals surface area contributed by atoms with E-state index in [0.717, 1.165) is 18.4 Å². The number of anilines is 1. The molecule has 0 aliphatic rings. The van der Waals surface area contributed by atoms with Crippen LogP contribution in [0.15, 0.2) is 21.9 Å². The summed E-state index contributed by atoms with van der Waals surface area (Å²) >= 11 is 1.08. The summed E-state index contributed by atoms with van der Waals surface area (Å²) in [6.45, 7) is 0.267. The van der Waals surface area contributed by atoms with E-state index < -0.39 is 21.7 Å². The van der Waals surface area contributed by atoms with E-state index in [4.69, 9.17) is 10.2 Å². The normalized spacial score (nSPS) is 11.3. The Morgan fingerprint density at radius 2 is 2.29 bits per heavy atom. The summed E-state index contributed by atoms with van der Waals surface area (Å²) in [5.41, 5.74) is 5.92. The third-order valence-electron chi connectivity index (χ3n) is 2.40. The van der Waals surface area contributed by atoms with Gasteiger partial charge in [-0.05, 0) is 12.1 Å². The highest BCUT2D eigenvalue weighted by Crippen LogP contribution is 2.27. The number of hydrogen-bond acceptors (Lipinski definition) is 8. The minimum absolute atomic E-state index is 0.139. The Morgan fingerprint density at radius 1 is 1.52 bits per heavy atom. The molecule has 0 aliphatic heterocycles. The van der Waals surface area contributed by atoms with E-state index in [1.54, 1.807) is 17.5 Å².